The number of H-pyrrole nitrogens is 2. The van der Waals surface area contributed by atoms with Crippen molar-refractivity contribution in [2.45, 2.75) is 63.8 Å². The van der Waals surface area contributed by atoms with Crippen molar-refractivity contribution in [2.24, 2.45) is 11.8 Å². The SMILES string of the molecule is CCN(CC)S(=O)(=O)c1ccc(-c2ccc(C[C@H](NC(=O)[C@H]3CC[C@H](CNC(=O)O)CC3)C(=O)Nc3ccc4c(=O)[nH][nH]c4c3)cc2)c(C)c1.[Pd].c1ccc(P(c2ccccc2)c2ccccc2)cc1.c1ccc(P(c2ccccc2)c2ccccc2)cc1.c1ccc(P(c2ccccc2)c2ccccc2)cc1.c1ccc(P(c2ccccc2)c2ccccc2)cc1. The molecule has 16 aromatic rings. The number of rotatable bonds is 25. The van der Waals surface area contributed by atoms with Gasteiger partial charge in [-0.3, -0.25) is 24.6 Å². The Labute approximate surface area is 765 Å². The molecule has 19 heteroatoms. The van der Waals surface area contributed by atoms with Crippen LogP contribution >= 0.6 is 31.7 Å². The van der Waals surface area contributed by atoms with Crippen LogP contribution in [0.15, 0.2) is 434 Å². The summed E-state index contributed by atoms with van der Waals surface area (Å²) in [6, 6.07) is 146. The fraction of sp³-hybridized carbons (Fsp3) is 0.130. The van der Waals surface area contributed by atoms with Crippen LogP contribution in [0.5, 0.6) is 0 Å². The van der Waals surface area contributed by atoms with Crippen molar-refractivity contribution in [3.05, 3.63) is 446 Å². The Morgan fingerprint density at radius 2 is 0.724 bits per heavy atom. The molecule has 17 rings (SSSR count). The van der Waals surface area contributed by atoms with Gasteiger partial charge in [0.15, 0.2) is 0 Å². The number of hydrogen-bond acceptors (Lipinski definition) is 6. The molecule has 0 saturated heterocycles. The zero-order valence-electron chi connectivity index (χ0n) is 71.2. The van der Waals surface area contributed by atoms with Gasteiger partial charge < -0.3 is 21.1 Å². The van der Waals surface area contributed by atoms with Gasteiger partial charge in [0.1, 0.15) is 6.04 Å². The summed E-state index contributed by atoms with van der Waals surface area (Å²) in [5.41, 5.74) is 4.10. The fourth-order valence-electron chi connectivity index (χ4n) is 15.3. The van der Waals surface area contributed by atoms with Crippen LogP contribution in [-0.2, 0) is 46.5 Å². The van der Waals surface area contributed by atoms with E-state index in [0.717, 1.165) is 22.3 Å². The van der Waals surface area contributed by atoms with Crippen LogP contribution in [-0.4, -0.2) is 71.6 Å². The normalized spacial score (nSPS) is 13.0. The molecule has 0 radical (unpaired) electrons. The number of anilines is 1. The average Bonchev–Trinajstić information content (AvgIpc) is 1.29. The third-order valence-corrected chi connectivity index (χ3v) is 33.5. The number of aromatic amines is 2. The van der Waals surface area contributed by atoms with Crippen molar-refractivity contribution < 1.29 is 48.3 Å². The summed E-state index contributed by atoms with van der Waals surface area (Å²) in [7, 11) is -5.37. The Hall–Kier alpha value is -11.9. The molecule has 0 bridgehead atoms. The van der Waals surface area contributed by atoms with Gasteiger partial charge in [0, 0.05) is 58.1 Å². The molecule has 1 saturated carbocycles. The second kappa shape index (κ2) is 48.7. The van der Waals surface area contributed by atoms with E-state index in [1.165, 1.54) is 68.0 Å². The van der Waals surface area contributed by atoms with Crippen molar-refractivity contribution in [1.82, 2.24) is 25.1 Å². The van der Waals surface area contributed by atoms with Crippen molar-refractivity contribution in [1.29, 1.82) is 0 Å². The van der Waals surface area contributed by atoms with E-state index >= 15 is 0 Å². The van der Waals surface area contributed by atoms with Crippen molar-refractivity contribution in [3.63, 3.8) is 0 Å². The van der Waals surface area contributed by atoms with Crippen LogP contribution in [0.1, 0.15) is 50.7 Å². The average molecular weight is 1860 g/mol. The molecule has 1 fully saturated rings. The Morgan fingerprint density at radius 3 is 1.02 bits per heavy atom. The Bertz CT molecular complexity index is 5340. The maximum atomic E-state index is 13.7. The minimum atomic E-state index is -3.59. The predicted molar refractivity (Wildman–Crippen MR) is 532 cm³/mol. The van der Waals surface area contributed by atoms with Gasteiger partial charge in [-0.15, -0.1) is 0 Å². The molecule has 1 heterocycles. The van der Waals surface area contributed by atoms with Crippen LogP contribution in [0.4, 0.5) is 10.5 Å². The summed E-state index contributed by atoms with van der Waals surface area (Å²) < 4.78 is 27.5. The molecule has 0 unspecified atom stereocenters. The van der Waals surface area contributed by atoms with Gasteiger partial charge in [-0.1, -0.05) is 408 Å². The standard InChI is InChI=1S/C36H44N6O7S.4C18H15P.Pd/c1-4-42(5-2)50(48,49)28-15-17-29(22(3)18-28)25-10-6-23(7-11-25)19-32(35(45)38-27-14-16-30-31(20-27)40-41-34(30)44)39-33(43)26-12-8-24(9-13-26)21-37-36(46)47;4*1-4-10-16(11-5-1)19(17-12-6-2-7-13-17)18-14-8-3-9-15-18;/h6-7,10-11,14-18,20,24,26,32,37H,4-5,8-9,12-13,19,21H2,1-3H3,(H,38,45)(H,39,43)(H,46,47)(H2,40,41,44);4*1-15H;/t24-,26-,32-;;;;;/m0...../s1. The molecule has 644 valence electrons. The van der Waals surface area contributed by atoms with Gasteiger partial charge in [0.05, 0.1) is 15.8 Å². The van der Waals surface area contributed by atoms with Crippen LogP contribution < -0.4 is 85.2 Å². The summed E-state index contributed by atoms with van der Waals surface area (Å²) in [6.07, 6.45) is 1.72. The zero-order chi connectivity index (χ0) is 87.7. The zero-order valence-corrected chi connectivity index (χ0v) is 77.1. The number of hydrogen-bond donors (Lipinski definition) is 6. The first kappa shape index (κ1) is 94.2. The molecular weight excluding hydrogens is 1760 g/mol. The van der Waals surface area contributed by atoms with Gasteiger partial charge in [-0.25, -0.2) is 13.2 Å². The minimum absolute atomic E-state index is 0. The number of carbonyl (C=O) groups is 3. The molecule has 0 spiro atoms. The summed E-state index contributed by atoms with van der Waals surface area (Å²) in [6.45, 7) is 6.61. The van der Waals surface area contributed by atoms with E-state index in [1.807, 2.05) is 45.0 Å². The van der Waals surface area contributed by atoms with Crippen molar-refractivity contribution in [2.75, 3.05) is 25.0 Å². The third-order valence-electron chi connectivity index (χ3n) is 21.7. The van der Waals surface area contributed by atoms with E-state index in [-0.39, 0.29) is 55.0 Å². The topological polar surface area (TPSA) is 194 Å². The molecule has 6 N–H and O–H groups in total. The van der Waals surface area contributed by atoms with E-state index in [4.69, 9.17) is 5.11 Å². The van der Waals surface area contributed by atoms with Crippen LogP contribution in [0, 0.1) is 18.8 Å². The Morgan fingerprint density at radius 1 is 0.409 bits per heavy atom. The van der Waals surface area contributed by atoms with Gasteiger partial charge in [0.2, 0.25) is 21.8 Å². The number of aryl methyl sites for hydroxylation is 1. The number of amides is 3. The molecule has 1 aromatic heterocycles. The molecule has 1 atom stereocenters. The van der Waals surface area contributed by atoms with E-state index in [1.54, 1.807) is 36.4 Å². The third kappa shape index (κ3) is 26.6. The monoisotopic (exact) mass is 1860 g/mol. The second-order valence-electron chi connectivity index (χ2n) is 30.1. The number of carboxylic acid groups (broad SMARTS) is 1. The van der Waals surface area contributed by atoms with Crippen LogP contribution in [0.3, 0.4) is 0 Å². The summed E-state index contributed by atoms with van der Waals surface area (Å²) in [4.78, 5) is 50.2. The molecule has 15 aromatic carbocycles. The molecule has 127 heavy (non-hydrogen) atoms. The number of nitrogens with zero attached hydrogens (tertiary/aromatic N) is 1. The van der Waals surface area contributed by atoms with E-state index in [0.29, 0.717) is 61.9 Å². The quantitative estimate of drug-likeness (QED) is 0.0242. The smallest absolute Gasteiger partial charge is 0.404 e. The van der Waals surface area contributed by atoms with E-state index < -0.39 is 59.8 Å². The summed E-state index contributed by atoms with van der Waals surface area (Å²) in [5.74, 6) is -0.784. The van der Waals surface area contributed by atoms with Gasteiger partial charge in [-0.2, -0.15) is 4.31 Å². The largest absolute Gasteiger partial charge is 0.465 e. The maximum Gasteiger partial charge on any atom is 0.404 e. The molecule has 1 aliphatic carbocycles. The first-order valence-corrected chi connectivity index (χ1v) is 49.3. The Balaban J connectivity index is 0.000000157. The minimum Gasteiger partial charge on any atom is -0.465 e. The molecule has 3 amide bonds. The van der Waals surface area contributed by atoms with Crippen molar-refractivity contribution in [3.8, 4) is 11.1 Å². The van der Waals surface area contributed by atoms with E-state index in [9.17, 15) is 27.6 Å². The van der Waals surface area contributed by atoms with Gasteiger partial charge >= 0.3 is 6.09 Å². The van der Waals surface area contributed by atoms with Crippen LogP contribution in [0.2, 0.25) is 0 Å². The van der Waals surface area contributed by atoms with E-state index in [2.05, 4.69) is 390 Å². The first-order chi connectivity index (χ1) is 61.7. The number of nitrogens with one attached hydrogen (secondary N) is 5. The summed E-state index contributed by atoms with van der Waals surface area (Å²) >= 11 is 0. The maximum absolute atomic E-state index is 13.7. The Kier molecular flexibility index (Phi) is 36.1. The molecular formula is C108H104N6O7P4PdS. The number of sulfonamides is 1. The van der Waals surface area contributed by atoms with Gasteiger partial charge in [0.25, 0.3) is 5.56 Å². The fourth-order valence-corrected chi connectivity index (χ4v) is 26.1. The number of benzene rings is 15. The predicted octanol–water partition coefficient (Wildman–Crippen LogP) is 18.4. The number of carbonyl (C=O) groups excluding carboxylic acids is 2. The van der Waals surface area contributed by atoms with Crippen LogP contribution in [0.25, 0.3) is 22.0 Å². The summed E-state index contributed by atoms with van der Waals surface area (Å²) in [5, 5.41) is 39.7. The number of aromatic nitrogens is 2. The molecule has 0 aliphatic heterocycles. The first-order valence-electron chi connectivity index (χ1n) is 42.5. The second-order valence-corrected chi connectivity index (χ2v) is 40.9. The number of fused-ring (bicyclic) bond motifs is 1. The molecule has 1 aliphatic rings. The molecule has 13 nitrogen and oxygen atoms in total. The van der Waals surface area contributed by atoms with Gasteiger partial charge in [-0.05, 0) is 186 Å². The van der Waals surface area contributed by atoms with Crippen molar-refractivity contribution >= 4 is 140 Å².